The zero-order valence-electron chi connectivity index (χ0n) is 15.4. The average molecular weight is 519 g/mol. The molecule has 0 radical (unpaired) electrons. The van der Waals surface area contributed by atoms with Gasteiger partial charge in [0.05, 0.1) is 17.1 Å². The van der Waals surface area contributed by atoms with Crippen molar-refractivity contribution in [3.63, 3.8) is 0 Å². The maximum absolute atomic E-state index is 11.1. The van der Waals surface area contributed by atoms with Crippen LogP contribution in [-0.4, -0.2) is 22.4 Å². The molecule has 0 atom stereocenters. The quantitative estimate of drug-likeness (QED) is 0.351. The molecule has 148 valence electrons. The Balaban J connectivity index is 1.80. The number of benzene rings is 2. The molecule has 0 saturated carbocycles. The lowest BCUT2D eigenvalue weighted by atomic mass is 10.3. The number of aromatic nitrogens is 2. The summed E-state index contributed by atoms with van der Waals surface area (Å²) in [5, 5.41) is 19.5. The van der Waals surface area contributed by atoms with E-state index in [-0.39, 0.29) is 5.91 Å². The van der Waals surface area contributed by atoms with Crippen molar-refractivity contribution >= 4 is 60.9 Å². The van der Waals surface area contributed by atoms with Crippen molar-refractivity contribution in [1.82, 2.24) is 15.3 Å². The van der Waals surface area contributed by atoms with E-state index in [0.717, 1.165) is 8.95 Å². The molecule has 0 saturated heterocycles. The highest BCUT2D eigenvalue weighted by atomic mass is 79.9. The van der Waals surface area contributed by atoms with E-state index < -0.39 is 0 Å². The maximum Gasteiger partial charge on any atom is 0.249 e. The summed E-state index contributed by atoms with van der Waals surface area (Å²) < 4.78 is 1.92. The largest absolute Gasteiger partial charge is 0.356 e. The van der Waals surface area contributed by atoms with Gasteiger partial charge in [-0.15, -0.1) is 20.5 Å². The molecule has 29 heavy (non-hydrogen) atoms. The van der Waals surface area contributed by atoms with Gasteiger partial charge in [-0.3, -0.25) is 4.79 Å². The number of rotatable bonds is 7. The average Bonchev–Trinajstić information content (AvgIpc) is 3.09. The van der Waals surface area contributed by atoms with Crippen LogP contribution in [0.15, 0.2) is 77.9 Å². The number of imidazole rings is 1. The maximum atomic E-state index is 11.1. The van der Waals surface area contributed by atoms with Gasteiger partial charge in [-0.25, -0.2) is 0 Å². The summed E-state index contributed by atoms with van der Waals surface area (Å²) in [7, 11) is 0. The summed E-state index contributed by atoms with van der Waals surface area (Å²) in [5.74, 6) is 0.622. The van der Waals surface area contributed by atoms with E-state index in [1.165, 1.54) is 6.92 Å². The summed E-state index contributed by atoms with van der Waals surface area (Å²) in [6, 6.07) is 14.9. The molecular weight excluding hydrogens is 502 g/mol. The number of carbonyl (C=O) groups excluding carboxylic acids is 1. The molecule has 2 N–H and O–H groups in total. The van der Waals surface area contributed by atoms with Crippen molar-refractivity contribution in [2.45, 2.75) is 13.3 Å². The van der Waals surface area contributed by atoms with Crippen molar-refractivity contribution < 1.29 is 4.79 Å². The van der Waals surface area contributed by atoms with E-state index in [0.29, 0.717) is 41.8 Å². The SMILES string of the molecule is CC(=O)NCCc1[nH]c(N=Nc2ccc(Br)cc2)nc1N=Nc1ccc(Br)cc1. The minimum Gasteiger partial charge on any atom is -0.356 e. The predicted molar refractivity (Wildman–Crippen MR) is 118 cm³/mol. The first-order valence-corrected chi connectivity index (χ1v) is 10.3. The number of amides is 1. The first-order valence-electron chi connectivity index (χ1n) is 8.67. The molecule has 2 aromatic carbocycles. The highest BCUT2D eigenvalue weighted by Crippen LogP contribution is 2.26. The van der Waals surface area contributed by atoms with Crippen LogP contribution in [0, 0.1) is 0 Å². The van der Waals surface area contributed by atoms with Gasteiger partial charge in [0, 0.05) is 28.8 Å². The number of hydrogen-bond acceptors (Lipinski definition) is 6. The molecule has 1 aromatic heterocycles. The van der Waals surface area contributed by atoms with Gasteiger partial charge in [0.1, 0.15) is 0 Å². The molecular formula is C19H17Br2N7O. The predicted octanol–water partition coefficient (Wildman–Crippen LogP) is 6.44. The lowest BCUT2D eigenvalue weighted by molar-refractivity contribution is -0.118. The van der Waals surface area contributed by atoms with Crippen LogP contribution in [0.25, 0.3) is 0 Å². The molecule has 0 aliphatic carbocycles. The Bertz CT molecular complexity index is 1030. The Morgan fingerprint density at radius 1 is 0.931 bits per heavy atom. The Kier molecular flexibility index (Phi) is 7.36. The second-order valence-electron chi connectivity index (χ2n) is 5.95. The second-order valence-corrected chi connectivity index (χ2v) is 7.78. The number of carbonyl (C=O) groups is 1. The van der Waals surface area contributed by atoms with Gasteiger partial charge < -0.3 is 10.3 Å². The fraction of sp³-hybridized carbons (Fsp3) is 0.158. The minimum absolute atomic E-state index is 0.0993. The van der Waals surface area contributed by atoms with Crippen LogP contribution < -0.4 is 5.32 Å². The van der Waals surface area contributed by atoms with E-state index in [2.05, 4.69) is 67.6 Å². The minimum atomic E-state index is -0.0993. The molecule has 3 aromatic rings. The summed E-state index contributed by atoms with van der Waals surface area (Å²) in [6.45, 7) is 1.92. The highest BCUT2D eigenvalue weighted by molar-refractivity contribution is 9.10. The van der Waals surface area contributed by atoms with Crippen LogP contribution in [0.3, 0.4) is 0 Å². The van der Waals surface area contributed by atoms with Crippen LogP contribution in [-0.2, 0) is 11.2 Å². The third-order valence-electron chi connectivity index (χ3n) is 3.67. The van der Waals surface area contributed by atoms with Crippen molar-refractivity contribution in [3.05, 3.63) is 63.2 Å². The molecule has 0 bridgehead atoms. The van der Waals surface area contributed by atoms with Gasteiger partial charge >= 0.3 is 0 Å². The monoisotopic (exact) mass is 517 g/mol. The van der Waals surface area contributed by atoms with Crippen molar-refractivity contribution in [3.8, 4) is 0 Å². The van der Waals surface area contributed by atoms with Crippen molar-refractivity contribution in [2.75, 3.05) is 6.54 Å². The van der Waals surface area contributed by atoms with Crippen molar-refractivity contribution in [2.24, 2.45) is 20.5 Å². The molecule has 0 unspecified atom stereocenters. The number of halogens is 2. The van der Waals surface area contributed by atoms with Crippen LogP contribution in [0.2, 0.25) is 0 Å². The summed E-state index contributed by atoms with van der Waals surface area (Å²) in [4.78, 5) is 18.6. The van der Waals surface area contributed by atoms with Gasteiger partial charge in [0.25, 0.3) is 0 Å². The molecule has 8 nitrogen and oxygen atoms in total. The second kappa shape index (κ2) is 10.2. The van der Waals surface area contributed by atoms with Gasteiger partial charge in [-0.2, -0.15) is 4.98 Å². The Labute approximate surface area is 184 Å². The normalized spacial score (nSPS) is 11.4. The van der Waals surface area contributed by atoms with Crippen LogP contribution >= 0.6 is 31.9 Å². The number of H-pyrrole nitrogens is 1. The number of nitrogens with zero attached hydrogens (tertiary/aromatic N) is 5. The zero-order valence-corrected chi connectivity index (χ0v) is 18.6. The standard InChI is InChI=1S/C19H17Br2N7O/c1-12(29)22-11-10-17-18(27-25-15-6-2-13(20)3-7-15)24-19(23-17)28-26-16-8-4-14(21)5-9-16/h2-9H,10-11H2,1H3,(H,22,29)(H,23,24). The molecule has 3 rings (SSSR count). The van der Waals surface area contributed by atoms with Crippen molar-refractivity contribution in [1.29, 1.82) is 0 Å². The fourth-order valence-corrected chi connectivity index (χ4v) is 2.81. The lowest BCUT2D eigenvalue weighted by Crippen LogP contribution is -2.22. The lowest BCUT2D eigenvalue weighted by Gasteiger charge is -2.00. The summed E-state index contributed by atoms with van der Waals surface area (Å²) >= 11 is 6.77. The molecule has 0 fully saturated rings. The molecule has 10 heteroatoms. The fourth-order valence-electron chi connectivity index (χ4n) is 2.28. The van der Waals surface area contributed by atoms with E-state index >= 15 is 0 Å². The molecule has 1 heterocycles. The summed E-state index contributed by atoms with van der Waals surface area (Å²) in [6.07, 6.45) is 0.509. The van der Waals surface area contributed by atoms with E-state index in [9.17, 15) is 4.79 Å². The number of nitrogens with one attached hydrogen (secondary N) is 2. The van der Waals surface area contributed by atoms with Gasteiger partial charge in [0.2, 0.25) is 11.9 Å². The Hall–Kier alpha value is -2.72. The highest BCUT2D eigenvalue weighted by Gasteiger charge is 2.10. The first-order chi connectivity index (χ1) is 14.0. The third kappa shape index (κ3) is 6.68. The Morgan fingerprint density at radius 2 is 1.48 bits per heavy atom. The molecule has 0 aliphatic heterocycles. The topological polar surface area (TPSA) is 107 Å². The van der Waals surface area contributed by atoms with E-state index in [4.69, 9.17) is 0 Å². The summed E-state index contributed by atoms with van der Waals surface area (Å²) in [5.41, 5.74) is 2.11. The number of hydrogen-bond donors (Lipinski definition) is 2. The van der Waals surface area contributed by atoms with Gasteiger partial charge in [0.15, 0.2) is 5.82 Å². The third-order valence-corrected chi connectivity index (χ3v) is 4.72. The van der Waals surface area contributed by atoms with Gasteiger partial charge in [-0.1, -0.05) is 31.9 Å². The van der Waals surface area contributed by atoms with E-state index in [1.54, 1.807) is 0 Å². The van der Waals surface area contributed by atoms with E-state index in [1.807, 2.05) is 48.5 Å². The van der Waals surface area contributed by atoms with Crippen LogP contribution in [0.1, 0.15) is 12.6 Å². The van der Waals surface area contributed by atoms with Gasteiger partial charge in [-0.05, 0) is 48.5 Å². The van der Waals surface area contributed by atoms with Crippen LogP contribution in [0.4, 0.5) is 23.1 Å². The smallest absolute Gasteiger partial charge is 0.249 e. The number of azo groups is 2. The molecule has 1 amide bonds. The number of aromatic amines is 1. The van der Waals surface area contributed by atoms with Crippen LogP contribution in [0.5, 0.6) is 0 Å². The zero-order chi connectivity index (χ0) is 20.6. The molecule has 0 aliphatic rings. The molecule has 0 spiro atoms. The first kappa shape index (κ1) is 21.0. The Morgan fingerprint density at radius 3 is 2.03 bits per heavy atom.